The molecule has 0 aliphatic carbocycles. The monoisotopic (exact) mass is 342 g/mol. The molecule has 1 unspecified atom stereocenters. The number of rotatable bonds is 6. The van der Waals surface area contributed by atoms with Gasteiger partial charge in [0.05, 0.1) is 6.04 Å². The Labute approximate surface area is 151 Å². The number of nitrogens with zero attached hydrogens (tertiary/aromatic N) is 2. The van der Waals surface area contributed by atoms with Crippen molar-refractivity contribution in [2.45, 2.75) is 25.8 Å². The van der Waals surface area contributed by atoms with Gasteiger partial charge in [-0.05, 0) is 36.2 Å². The van der Waals surface area contributed by atoms with E-state index in [0.717, 1.165) is 31.2 Å². The Morgan fingerprint density at radius 3 is 2.12 bits per heavy atom. The lowest BCUT2D eigenvalue weighted by Gasteiger charge is -2.39. The molecule has 0 radical (unpaired) electrons. The van der Waals surface area contributed by atoms with Crippen LogP contribution in [0.1, 0.15) is 36.9 Å². The summed E-state index contributed by atoms with van der Waals surface area (Å²) in [5.74, 6) is 0. The van der Waals surface area contributed by atoms with E-state index < -0.39 is 0 Å². The van der Waals surface area contributed by atoms with Crippen LogP contribution in [-0.4, -0.2) is 42.5 Å². The smallest absolute Gasteiger partial charge is 0.0602 e. The minimum Gasteiger partial charge on any atom is -0.301 e. The van der Waals surface area contributed by atoms with Crippen LogP contribution < -0.4 is 0 Å². The molecule has 0 amide bonds. The van der Waals surface area contributed by atoms with E-state index in [9.17, 15) is 0 Å². The lowest BCUT2D eigenvalue weighted by molar-refractivity contribution is 0.108. The zero-order chi connectivity index (χ0) is 16.8. The molecule has 1 saturated heterocycles. The standard InChI is InChI=1S/C21H27ClN2/c1-2-3-13-23-14-16-24(17-15-23)21(18-7-5-4-6-8-18)19-9-11-20(22)12-10-19/h4-12,21H,2-3,13-17H2,1H3. The first-order chi connectivity index (χ1) is 11.8. The van der Waals surface area contributed by atoms with E-state index in [-0.39, 0.29) is 0 Å². The number of hydrogen-bond donors (Lipinski definition) is 0. The third-order valence-electron chi connectivity index (χ3n) is 4.90. The van der Waals surface area contributed by atoms with Crippen LogP contribution in [-0.2, 0) is 0 Å². The summed E-state index contributed by atoms with van der Waals surface area (Å²) in [5.41, 5.74) is 2.69. The maximum absolute atomic E-state index is 6.10. The molecule has 128 valence electrons. The number of piperazine rings is 1. The van der Waals surface area contributed by atoms with E-state index in [2.05, 4.69) is 59.2 Å². The van der Waals surface area contributed by atoms with E-state index in [4.69, 9.17) is 11.6 Å². The Kier molecular flexibility index (Phi) is 6.30. The van der Waals surface area contributed by atoms with Gasteiger partial charge in [0.2, 0.25) is 0 Å². The fourth-order valence-electron chi connectivity index (χ4n) is 3.52. The van der Waals surface area contributed by atoms with Gasteiger partial charge in [0.15, 0.2) is 0 Å². The van der Waals surface area contributed by atoms with Gasteiger partial charge >= 0.3 is 0 Å². The Morgan fingerprint density at radius 1 is 0.875 bits per heavy atom. The summed E-state index contributed by atoms with van der Waals surface area (Å²) in [5, 5.41) is 0.801. The molecule has 3 rings (SSSR count). The predicted octanol–water partition coefficient (Wildman–Crippen LogP) is 4.85. The molecular formula is C21H27ClN2. The molecule has 1 heterocycles. The Morgan fingerprint density at radius 2 is 1.50 bits per heavy atom. The molecular weight excluding hydrogens is 316 g/mol. The van der Waals surface area contributed by atoms with Crippen molar-refractivity contribution in [3.05, 3.63) is 70.7 Å². The normalized spacial score (nSPS) is 17.8. The van der Waals surface area contributed by atoms with Crippen molar-refractivity contribution in [1.82, 2.24) is 9.80 Å². The van der Waals surface area contributed by atoms with Crippen LogP contribution in [0.5, 0.6) is 0 Å². The van der Waals surface area contributed by atoms with Crippen LogP contribution in [0.25, 0.3) is 0 Å². The first kappa shape index (κ1) is 17.5. The third-order valence-corrected chi connectivity index (χ3v) is 5.15. The van der Waals surface area contributed by atoms with Crippen molar-refractivity contribution in [3.63, 3.8) is 0 Å². The Balaban J connectivity index is 1.77. The van der Waals surface area contributed by atoms with Gasteiger partial charge in [-0.3, -0.25) is 4.90 Å². The second-order valence-corrected chi connectivity index (χ2v) is 7.03. The molecule has 0 aromatic heterocycles. The lowest BCUT2D eigenvalue weighted by atomic mass is 9.96. The van der Waals surface area contributed by atoms with Crippen molar-refractivity contribution in [3.8, 4) is 0 Å². The van der Waals surface area contributed by atoms with Crippen LogP contribution in [0.4, 0.5) is 0 Å². The summed E-state index contributed by atoms with van der Waals surface area (Å²) in [4.78, 5) is 5.21. The van der Waals surface area contributed by atoms with Crippen LogP contribution in [0, 0.1) is 0 Å². The number of unbranched alkanes of at least 4 members (excludes halogenated alkanes) is 1. The zero-order valence-corrected chi connectivity index (χ0v) is 15.3. The number of benzene rings is 2. The summed E-state index contributed by atoms with van der Waals surface area (Å²) >= 11 is 6.10. The second kappa shape index (κ2) is 8.66. The molecule has 0 spiro atoms. The zero-order valence-electron chi connectivity index (χ0n) is 14.5. The minimum absolute atomic E-state index is 0.316. The largest absolute Gasteiger partial charge is 0.301 e. The molecule has 0 saturated carbocycles. The third kappa shape index (κ3) is 4.38. The summed E-state index contributed by atoms with van der Waals surface area (Å²) < 4.78 is 0. The lowest BCUT2D eigenvalue weighted by Crippen LogP contribution is -2.48. The van der Waals surface area contributed by atoms with E-state index in [0.29, 0.717) is 6.04 Å². The fourth-order valence-corrected chi connectivity index (χ4v) is 3.65. The highest BCUT2D eigenvalue weighted by atomic mass is 35.5. The second-order valence-electron chi connectivity index (χ2n) is 6.60. The molecule has 1 atom stereocenters. The van der Waals surface area contributed by atoms with Gasteiger partial charge < -0.3 is 4.90 Å². The SMILES string of the molecule is CCCCN1CCN(C(c2ccccc2)c2ccc(Cl)cc2)CC1. The average Bonchev–Trinajstić information content (AvgIpc) is 2.64. The molecule has 3 heteroatoms. The maximum atomic E-state index is 6.10. The van der Waals surface area contributed by atoms with Gasteiger partial charge in [0, 0.05) is 31.2 Å². The van der Waals surface area contributed by atoms with Crippen LogP contribution in [0.15, 0.2) is 54.6 Å². The molecule has 2 aromatic carbocycles. The van der Waals surface area contributed by atoms with E-state index >= 15 is 0 Å². The highest BCUT2D eigenvalue weighted by molar-refractivity contribution is 6.30. The van der Waals surface area contributed by atoms with Crippen LogP contribution >= 0.6 is 11.6 Å². The van der Waals surface area contributed by atoms with Gasteiger partial charge in [-0.15, -0.1) is 0 Å². The molecule has 1 aliphatic rings. The predicted molar refractivity (Wildman–Crippen MR) is 103 cm³/mol. The molecule has 2 nitrogen and oxygen atoms in total. The summed E-state index contributed by atoms with van der Waals surface area (Å²) in [6.07, 6.45) is 2.58. The van der Waals surface area contributed by atoms with Crippen LogP contribution in [0.3, 0.4) is 0 Å². The molecule has 1 aliphatic heterocycles. The summed E-state index contributed by atoms with van der Waals surface area (Å²) in [6.45, 7) is 8.06. The van der Waals surface area contributed by atoms with Crippen molar-refractivity contribution < 1.29 is 0 Å². The average molecular weight is 343 g/mol. The van der Waals surface area contributed by atoms with Crippen molar-refractivity contribution in [1.29, 1.82) is 0 Å². The van der Waals surface area contributed by atoms with Crippen LogP contribution in [0.2, 0.25) is 5.02 Å². The first-order valence-corrected chi connectivity index (χ1v) is 9.42. The summed E-state index contributed by atoms with van der Waals surface area (Å²) in [7, 11) is 0. The van der Waals surface area contributed by atoms with Gasteiger partial charge in [-0.1, -0.05) is 67.4 Å². The van der Waals surface area contributed by atoms with Gasteiger partial charge in [-0.2, -0.15) is 0 Å². The van der Waals surface area contributed by atoms with Gasteiger partial charge in [-0.25, -0.2) is 0 Å². The Bertz CT molecular complexity index is 603. The fraction of sp³-hybridized carbons (Fsp3) is 0.429. The van der Waals surface area contributed by atoms with Crippen molar-refractivity contribution in [2.24, 2.45) is 0 Å². The van der Waals surface area contributed by atoms with E-state index in [1.54, 1.807) is 0 Å². The molecule has 1 fully saturated rings. The van der Waals surface area contributed by atoms with Crippen molar-refractivity contribution >= 4 is 11.6 Å². The quantitative estimate of drug-likeness (QED) is 0.740. The molecule has 24 heavy (non-hydrogen) atoms. The summed E-state index contributed by atoms with van der Waals surface area (Å²) in [6, 6.07) is 19.5. The Hall–Kier alpha value is -1.35. The number of hydrogen-bond acceptors (Lipinski definition) is 2. The topological polar surface area (TPSA) is 6.48 Å². The van der Waals surface area contributed by atoms with Gasteiger partial charge in [0.1, 0.15) is 0 Å². The van der Waals surface area contributed by atoms with E-state index in [1.165, 1.54) is 30.5 Å². The highest BCUT2D eigenvalue weighted by Gasteiger charge is 2.26. The molecule has 0 bridgehead atoms. The number of halogens is 1. The van der Waals surface area contributed by atoms with E-state index in [1.807, 2.05) is 12.1 Å². The van der Waals surface area contributed by atoms with Gasteiger partial charge in [0.25, 0.3) is 0 Å². The molecule has 2 aromatic rings. The first-order valence-electron chi connectivity index (χ1n) is 9.04. The highest BCUT2D eigenvalue weighted by Crippen LogP contribution is 2.30. The molecule has 0 N–H and O–H groups in total. The minimum atomic E-state index is 0.316. The van der Waals surface area contributed by atoms with Crippen molar-refractivity contribution in [2.75, 3.05) is 32.7 Å². The maximum Gasteiger partial charge on any atom is 0.0602 e.